The van der Waals surface area contributed by atoms with Crippen LogP contribution in [0.1, 0.15) is 18.9 Å². The summed E-state index contributed by atoms with van der Waals surface area (Å²) in [6, 6.07) is 5.87. The number of anilines is 2. The second-order valence-corrected chi connectivity index (χ2v) is 5.22. The average molecular weight is 263 g/mol. The van der Waals surface area contributed by atoms with Crippen molar-refractivity contribution in [1.29, 1.82) is 0 Å². The molecule has 1 amide bonds. The maximum atomic E-state index is 12.3. The first-order chi connectivity index (χ1) is 8.88. The monoisotopic (exact) mass is 263 g/mol. The highest BCUT2D eigenvalue weighted by atomic mass is 16.2. The number of hydrogen-bond acceptors (Lipinski definition) is 3. The zero-order valence-electron chi connectivity index (χ0n) is 12.8. The van der Waals surface area contributed by atoms with Crippen molar-refractivity contribution in [2.24, 2.45) is 0 Å². The highest BCUT2D eigenvalue weighted by Gasteiger charge is 2.19. The van der Waals surface area contributed by atoms with Gasteiger partial charge in [-0.1, -0.05) is 13.0 Å². The van der Waals surface area contributed by atoms with Crippen LogP contribution < -0.4 is 10.2 Å². The lowest BCUT2D eigenvalue weighted by molar-refractivity contribution is -0.120. The lowest BCUT2D eigenvalue weighted by Crippen LogP contribution is -2.39. The predicted molar refractivity (Wildman–Crippen MR) is 81.9 cm³/mol. The number of hydrogen-bond donors (Lipinski definition) is 1. The molecule has 1 N–H and O–H groups in total. The van der Waals surface area contributed by atoms with Gasteiger partial charge in [-0.25, -0.2) is 0 Å². The van der Waals surface area contributed by atoms with E-state index in [0.29, 0.717) is 0 Å². The van der Waals surface area contributed by atoms with Crippen LogP contribution in [0, 0.1) is 6.92 Å². The van der Waals surface area contributed by atoms with Gasteiger partial charge in [0.1, 0.15) is 0 Å². The normalized spacial score (nSPS) is 12.4. The Bertz CT molecular complexity index is 441. The Morgan fingerprint density at radius 3 is 2.37 bits per heavy atom. The summed E-state index contributed by atoms with van der Waals surface area (Å²) in [6.45, 7) is 4.05. The van der Waals surface area contributed by atoms with E-state index in [-0.39, 0.29) is 11.9 Å². The Kier molecular flexibility index (Phi) is 5.36. The third-order valence-electron chi connectivity index (χ3n) is 3.36. The molecule has 1 aromatic carbocycles. The Labute approximate surface area is 116 Å². The molecule has 0 saturated carbocycles. The highest BCUT2D eigenvalue weighted by Crippen LogP contribution is 2.25. The third-order valence-corrected chi connectivity index (χ3v) is 3.36. The van der Waals surface area contributed by atoms with Gasteiger partial charge in [0.25, 0.3) is 0 Å². The van der Waals surface area contributed by atoms with Gasteiger partial charge in [0, 0.05) is 25.5 Å². The molecular weight excluding hydrogens is 238 g/mol. The largest absolute Gasteiger partial charge is 0.377 e. The number of carbonyl (C=O) groups is 1. The molecule has 0 aliphatic rings. The van der Waals surface area contributed by atoms with Crippen LogP contribution in [0.3, 0.4) is 0 Å². The first-order valence-electron chi connectivity index (χ1n) is 6.62. The summed E-state index contributed by atoms with van der Waals surface area (Å²) in [5.41, 5.74) is 3.10. The molecular formula is C15H25N3O. The molecule has 106 valence electrons. The molecule has 19 heavy (non-hydrogen) atoms. The van der Waals surface area contributed by atoms with Gasteiger partial charge in [-0.2, -0.15) is 0 Å². The van der Waals surface area contributed by atoms with Crippen LogP contribution in [0.25, 0.3) is 0 Å². The van der Waals surface area contributed by atoms with Crippen molar-refractivity contribution in [2.75, 3.05) is 38.4 Å². The fraction of sp³-hybridized carbons (Fsp3) is 0.533. The topological polar surface area (TPSA) is 35.6 Å². The molecule has 1 aromatic rings. The number of benzene rings is 1. The lowest BCUT2D eigenvalue weighted by Gasteiger charge is -2.23. The van der Waals surface area contributed by atoms with Gasteiger partial charge in [0.2, 0.25) is 5.91 Å². The predicted octanol–water partition coefficient (Wildman–Crippen LogP) is 2.34. The maximum Gasteiger partial charge on any atom is 0.241 e. The first kappa shape index (κ1) is 15.5. The minimum atomic E-state index is -0.0950. The SMILES string of the molecule is CC[C@@H](C(=O)Nc1cccc(N(C)C)c1C)N(C)C. The molecule has 0 radical (unpaired) electrons. The molecule has 0 spiro atoms. The van der Waals surface area contributed by atoms with Crippen LogP contribution in [0.5, 0.6) is 0 Å². The van der Waals surface area contributed by atoms with Crippen molar-refractivity contribution in [3.8, 4) is 0 Å². The van der Waals surface area contributed by atoms with E-state index in [9.17, 15) is 4.79 Å². The minimum absolute atomic E-state index is 0.0477. The van der Waals surface area contributed by atoms with Crippen molar-refractivity contribution in [2.45, 2.75) is 26.3 Å². The number of rotatable bonds is 5. The lowest BCUT2D eigenvalue weighted by atomic mass is 10.1. The molecule has 1 atom stereocenters. The molecule has 0 bridgehead atoms. The molecule has 0 aromatic heterocycles. The highest BCUT2D eigenvalue weighted by molar-refractivity contribution is 5.96. The smallest absolute Gasteiger partial charge is 0.241 e. The van der Waals surface area contributed by atoms with E-state index in [4.69, 9.17) is 0 Å². The van der Waals surface area contributed by atoms with E-state index in [1.807, 2.05) is 70.0 Å². The molecule has 0 heterocycles. The molecule has 4 heteroatoms. The summed E-state index contributed by atoms with van der Waals surface area (Å²) >= 11 is 0. The number of nitrogens with zero attached hydrogens (tertiary/aromatic N) is 2. The Balaban J connectivity index is 2.94. The van der Waals surface area contributed by atoms with E-state index in [1.54, 1.807) is 0 Å². The van der Waals surface area contributed by atoms with Crippen molar-refractivity contribution in [3.05, 3.63) is 23.8 Å². The van der Waals surface area contributed by atoms with E-state index in [1.165, 1.54) is 0 Å². The van der Waals surface area contributed by atoms with Gasteiger partial charge >= 0.3 is 0 Å². The van der Waals surface area contributed by atoms with Crippen LogP contribution in [0.4, 0.5) is 11.4 Å². The summed E-state index contributed by atoms with van der Waals surface area (Å²) in [4.78, 5) is 16.2. The third kappa shape index (κ3) is 3.70. The van der Waals surface area contributed by atoms with Gasteiger partial charge in [-0.3, -0.25) is 9.69 Å². The second-order valence-electron chi connectivity index (χ2n) is 5.22. The van der Waals surface area contributed by atoms with Crippen molar-refractivity contribution in [3.63, 3.8) is 0 Å². The number of amides is 1. The van der Waals surface area contributed by atoms with Crippen LogP contribution in [-0.2, 0) is 4.79 Å². The minimum Gasteiger partial charge on any atom is -0.377 e. The van der Waals surface area contributed by atoms with Crippen LogP contribution in [0.15, 0.2) is 18.2 Å². The van der Waals surface area contributed by atoms with E-state index in [2.05, 4.69) is 5.32 Å². The number of likely N-dealkylation sites (N-methyl/N-ethyl adjacent to an activating group) is 1. The molecule has 0 fully saturated rings. The summed E-state index contributed by atoms with van der Waals surface area (Å²) < 4.78 is 0. The molecule has 0 aliphatic heterocycles. The van der Waals surface area contributed by atoms with Gasteiger partial charge < -0.3 is 10.2 Å². The van der Waals surface area contributed by atoms with Gasteiger partial charge in [0.05, 0.1) is 6.04 Å². The van der Waals surface area contributed by atoms with Crippen LogP contribution in [0.2, 0.25) is 0 Å². The molecule has 0 unspecified atom stereocenters. The molecule has 4 nitrogen and oxygen atoms in total. The van der Waals surface area contributed by atoms with Gasteiger partial charge in [0.15, 0.2) is 0 Å². The van der Waals surface area contributed by atoms with Gasteiger partial charge in [-0.15, -0.1) is 0 Å². The van der Waals surface area contributed by atoms with E-state index < -0.39 is 0 Å². The zero-order valence-corrected chi connectivity index (χ0v) is 12.8. The summed E-state index contributed by atoms with van der Waals surface area (Å²) in [5, 5.41) is 3.03. The maximum absolute atomic E-state index is 12.3. The van der Waals surface area contributed by atoms with Gasteiger partial charge in [-0.05, 0) is 45.1 Å². The van der Waals surface area contributed by atoms with E-state index >= 15 is 0 Å². The Morgan fingerprint density at radius 2 is 1.89 bits per heavy atom. The van der Waals surface area contributed by atoms with Crippen LogP contribution in [-0.4, -0.2) is 45.0 Å². The average Bonchev–Trinajstić information content (AvgIpc) is 2.31. The number of carbonyl (C=O) groups excluding carboxylic acids is 1. The Hall–Kier alpha value is -1.55. The number of nitrogens with one attached hydrogen (secondary N) is 1. The first-order valence-corrected chi connectivity index (χ1v) is 6.62. The fourth-order valence-electron chi connectivity index (χ4n) is 2.24. The molecule has 1 rings (SSSR count). The summed E-state index contributed by atoms with van der Waals surface area (Å²) in [7, 11) is 7.86. The summed E-state index contributed by atoms with van der Waals surface area (Å²) in [6.07, 6.45) is 0.797. The second kappa shape index (κ2) is 6.57. The summed E-state index contributed by atoms with van der Waals surface area (Å²) in [5.74, 6) is 0.0477. The van der Waals surface area contributed by atoms with Crippen molar-refractivity contribution in [1.82, 2.24) is 4.90 Å². The van der Waals surface area contributed by atoms with Crippen LogP contribution >= 0.6 is 0 Å². The van der Waals surface area contributed by atoms with Crippen molar-refractivity contribution >= 4 is 17.3 Å². The molecule has 0 saturated heterocycles. The standard InChI is InChI=1S/C15H25N3O/c1-7-13(17(3)4)15(19)16-12-9-8-10-14(11(12)2)18(5)6/h8-10,13H,7H2,1-6H3,(H,16,19)/t13-/m0/s1. The fourth-order valence-corrected chi connectivity index (χ4v) is 2.24. The van der Waals surface area contributed by atoms with E-state index in [0.717, 1.165) is 23.4 Å². The Morgan fingerprint density at radius 1 is 1.26 bits per heavy atom. The molecule has 0 aliphatic carbocycles. The van der Waals surface area contributed by atoms with Crippen molar-refractivity contribution < 1.29 is 4.79 Å². The quantitative estimate of drug-likeness (QED) is 0.885. The zero-order chi connectivity index (χ0) is 14.6.